The molecule has 1 heterocycles. The van der Waals surface area contributed by atoms with E-state index in [1.54, 1.807) is 4.90 Å². The van der Waals surface area contributed by atoms with Gasteiger partial charge in [0.15, 0.2) is 0 Å². The number of aromatic nitrogens is 1. The van der Waals surface area contributed by atoms with Crippen molar-refractivity contribution in [3.63, 3.8) is 0 Å². The topological polar surface area (TPSA) is 80.5 Å². The largest absolute Gasteiger partial charge is 0.393 e. The van der Waals surface area contributed by atoms with Crippen LogP contribution in [0, 0.1) is 0 Å². The van der Waals surface area contributed by atoms with Gasteiger partial charge in [-0.3, -0.25) is 10.3 Å². The van der Waals surface area contributed by atoms with Gasteiger partial charge in [0.25, 0.3) is 0 Å². The summed E-state index contributed by atoms with van der Waals surface area (Å²) in [6.07, 6.45) is 7.46. The zero-order valence-corrected chi connectivity index (χ0v) is 18.9. The number of aryl methyl sites for hydroxylation is 1. The number of nitrogens with two attached hydrogens (primary N) is 1. The number of allylic oxidation sites excluding steroid dienone is 2. The highest BCUT2D eigenvalue weighted by molar-refractivity contribution is 5.76. The van der Waals surface area contributed by atoms with Gasteiger partial charge < -0.3 is 9.74 Å². The maximum absolute atomic E-state index is 12.7. The van der Waals surface area contributed by atoms with Crippen LogP contribution in [0.25, 0.3) is 11.1 Å². The van der Waals surface area contributed by atoms with Crippen LogP contribution in [0.15, 0.2) is 72.4 Å². The highest BCUT2D eigenvalue weighted by Gasteiger charge is 2.16. The minimum atomic E-state index is -0.212. The van der Waals surface area contributed by atoms with Gasteiger partial charge in [-0.2, -0.15) is 5.90 Å². The fraction of sp³-hybridized carbons (Fsp3) is 0.360. The monoisotopic (exact) mass is 422 g/mol. The highest BCUT2D eigenvalue weighted by Crippen LogP contribution is 2.19. The average molecular weight is 423 g/mol. The van der Waals surface area contributed by atoms with E-state index in [0.717, 1.165) is 42.4 Å². The maximum Gasteiger partial charge on any atom is 0.324 e. The number of urea groups is 1. The Morgan fingerprint density at radius 3 is 2.52 bits per heavy atom. The van der Waals surface area contributed by atoms with E-state index in [0.29, 0.717) is 13.1 Å². The molecule has 0 atom stereocenters. The van der Waals surface area contributed by atoms with Crippen LogP contribution in [0.1, 0.15) is 45.6 Å². The van der Waals surface area contributed by atoms with Gasteiger partial charge in [0, 0.05) is 36.6 Å². The predicted octanol–water partition coefficient (Wildman–Crippen LogP) is 5.19. The summed E-state index contributed by atoms with van der Waals surface area (Å²) in [4.78, 5) is 23.7. The first-order valence-electron chi connectivity index (χ1n) is 10.7. The van der Waals surface area contributed by atoms with Crippen LogP contribution < -0.4 is 11.2 Å². The molecule has 1 aromatic carbocycles. The van der Waals surface area contributed by atoms with Crippen molar-refractivity contribution in [2.45, 2.75) is 46.5 Å². The fourth-order valence-electron chi connectivity index (χ4n) is 3.21. The van der Waals surface area contributed by atoms with Gasteiger partial charge in [0.05, 0.1) is 0 Å². The fourth-order valence-corrected chi connectivity index (χ4v) is 3.21. The Hall–Kier alpha value is -3.12. The molecule has 2 rings (SSSR count). The number of carbonyl (C=O) groups is 1. The lowest BCUT2D eigenvalue weighted by Crippen LogP contribution is -2.41. The Balaban J connectivity index is 1.91. The third-order valence-corrected chi connectivity index (χ3v) is 5.15. The minimum Gasteiger partial charge on any atom is -0.393 e. The molecule has 1 aromatic heterocycles. The molecule has 0 aliphatic heterocycles. The second kappa shape index (κ2) is 12.5. The van der Waals surface area contributed by atoms with Crippen molar-refractivity contribution in [2.24, 2.45) is 5.90 Å². The quantitative estimate of drug-likeness (QED) is 0.226. The summed E-state index contributed by atoms with van der Waals surface area (Å²) in [5.41, 5.74) is 5.00. The standard InChI is InChI=1S/C25H34N4O2/c1-5-14-29(25(30)28-24(31-26)20(4)19(2)3)15-10-9-11-21-16-23(18-27-17-21)22-12-7-6-8-13-22/h6-8,12-13,16-18H,2,5,9-11,14-15,26H2,1,3-4H3,(H,28,30)/b24-20-. The molecule has 0 unspecified atom stereocenters. The average Bonchev–Trinajstić information content (AvgIpc) is 2.79. The third-order valence-electron chi connectivity index (χ3n) is 5.15. The van der Waals surface area contributed by atoms with Crippen LogP contribution in [0.2, 0.25) is 0 Å². The van der Waals surface area contributed by atoms with E-state index in [-0.39, 0.29) is 11.9 Å². The first-order valence-corrected chi connectivity index (χ1v) is 10.7. The summed E-state index contributed by atoms with van der Waals surface area (Å²) in [5, 5.41) is 2.77. The van der Waals surface area contributed by atoms with Gasteiger partial charge in [0.2, 0.25) is 5.88 Å². The Morgan fingerprint density at radius 1 is 1.13 bits per heavy atom. The molecule has 2 aromatic rings. The molecule has 0 spiro atoms. The summed E-state index contributed by atoms with van der Waals surface area (Å²) in [6.45, 7) is 10.9. The van der Waals surface area contributed by atoms with Crippen LogP contribution in [-0.4, -0.2) is 29.0 Å². The van der Waals surface area contributed by atoms with E-state index in [1.165, 1.54) is 11.1 Å². The Morgan fingerprint density at radius 2 is 1.87 bits per heavy atom. The van der Waals surface area contributed by atoms with Crippen LogP contribution in [0.3, 0.4) is 0 Å². The number of pyridine rings is 1. The van der Waals surface area contributed by atoms with Gasteiger partial charge in [-0.1, -0.05) is 49.4 Å². The number of nitrogens with one attached hydrogen (secondary N) is 1. The maximum atomic E-state index is 12.7. The van der Waals surface area contributed by atoms with Gasteiger partial charge in [0.1, 0.15) is 0 Å². The number of unbranched alkanes of at least 4 members (excludes halogenated alkanes) is 1. The number of benzene rings is 1. The lowest BCUT2D eigenvalue weighted by molar-refractivity contribution is 0.168. The smallest absolute Gasteiger partial charge is 0.324 e. The first kappa shape index (κ1) is 24.2. The van der Waals surface area contributed by atoms with Crippen molar-refractivity contribution < 1.29 is 9.63 Å². The molecular weight excluding hydrogens is 388 g/mol. The summed E-state index contributed by atoms with van der Waals surface area (Å²) in [7, 11) is 0. The van der Waals surface area contributed by atoms with Crippen LogP contribution in [-0.2, 0) is 11.3 Å². The first-order chi connectivity index (χ1) is 15.0. The minimum absolute atomic E-state index is 0.212. The third kappa shape index (κ3) is 7.57. The van der Waals surface area contributed by atoms with Crippen molar-refractivity contribution in [3.8, 4) is 11.1 Å². The summed E-state index contributed by atoms with van der Waals surface area (Å²) >= 11 is 0. The molecule has 0 aliphatic carbocycles. The Bertz CT molecular complexity index is 893. The van der Waals surface area contributed by atoms with Crippen LogP contribution >= 0.6 is 0 Å². The zero-order chi connectivity index (χ0) is 22.6. The Labute approximate surface area is 185 Å². The van der Waals surface area contributed by atoms with E-state index in [4.69, 9.17) is 10.7 Å². The molecule has 2 amide bonds. The molecule has 0 saturated heterocycles. The second-order valence-corrected chi connectivity index (χ2v) is 7.67. The molecule has 0 aliphatic rings. The van der Waals surface area contributed by atoms with Gasteiger partial charge in [-0.05, 0) is 56.7 Å². The van der Waals surface area contributed by atoms with Gasteiger partial charge >= 0.3 is 6.03 Å². The number of carbonyl (C=O) groups excluding carboxylic acids is 1. The predicted molar refractivity (Wildman–Crippen MR) is 126 cm³/mol. The molecule has 0 bridgehead atoms. The van der Waals surface area contributed by atoms with E-state index >= 15 is 0 Å². The molecule has 0 radical (unpaired) electrons. The lowest BCUT2D eigenvalue weighted by atomic mass is 10.0. The number of nitrogens with zero attached hydrogens (tertiary/aromatic N) is 2. The van der Waals surface area contributed by atoms with Crippen molar-refractivity contribution in [3.05, 3.63) is 78.0 Å². The summed E-state index contributed by atoms with van der Waals surface area (Å²) in [6, 6.07) is 12.2. The summed E-state index contributed by atoms with van der Waals surface area (Å²) < 4.78 is 0. The van der Waals surface area contributed by atoms with Gasteiger partial charge in [-0.25, -0.2) is 4.79 Å². The van der Waals surface area contributed by atoms with Crippen molar-refractivity contribution in [1.29, 1.82) is 0 Å². The molecule has 6 nitrogen and oxygen atoms in total. The summed E-state index contributed by atoms with van der Waals surface area (Å²) in [5.74, 6) is 5.57. The SMILES string of the molecule is C=C(C)/C(C)=C(/NC(=O)N(CCC)CCCCc1cncc(-c2ccccc2)c1)ON. The van der Waals surface area contributed by atoms with E-state index in [9.17, 15) is 4.79 Å². The Kier molecular flexibility index (Phi) is 9.78. The molecule has 31 heavy (non-hydrogen) atoms. The van der Waals surface area contributed by atoms with Crippen molar-refractivity contribution in [1.82, 2.24) is 15.2 Å². The zero-order valence-electron chi connectivity index (χ0n) is 18.9. The van der Waals surface area contributed by atoms with Gasteiger partial charge in [-0.15, -0.1) is 0 Å². The number of amides is 2. The molecule has 3 N–H and O–H groups in total. The normalized spacial score (nSPS) is 11.5. The molecule has 6 heteroatoms. The lowest BCUT2D eigenvalue weighted by Gasteiger charge is -2.23. The van der Waals surface area contributed by atoms with Crippen LogP contribution in [0.4, 0.5) is 4.79 Å². The number of rotatable bonds is 11. The highest BCUT2D eigenvalue weighted by atomic mass is 16.6. The number of hydrogen-bond acceptors (Lipinski definition) is 4. The second-order valence-electron chi connectivity index (χ2n) is 7.67. The van der Waals surface area contributed by atoms with E-state index < -0.39 is 0 Å². The van der Waals surface area contributed by atoms with Crippen molar-refractivity contribution >= 4 is 6.03 Å². The molecule has 0 fully saturated rings. The number of hydrogen-bond donors (Lipinski definition) is 2. The molecule has 0 saturated carbocycles. The molecular formula is C25H34N4O2. The molecule has 166 valence electrons. The van der Waals surface area contributed by atoms with Crippen molar-refractivity contribution in [2.75, 3.05) is 13.1 Å². The van der Waals surface area contributed by atoms with Crippen LogP contribution in [0.5, 0.6) is 0 Å². The van der Waals surface area contributed by atoms with E-state index in [2.05, 4.69) is 42.0 Å². The van der Waals surface area contributed by atoms with E-state index in [1.807, 2.05) is 44.4 Å².